The highest BCUT2D eigenvalue weighted by Crippen LogP contribution is 2.42. The van der Waals surface area contributed by atoms with Crippen LogP contribution in [0.5, 0.6) is 11.6 Å². The quantitative estimate of drug-likeness (QED) is 0.503. The second-order valence-corrected chi connectivity index (χ2v) is 8.25. The maximum Gasteiger partial charge on any atom is 0.258 e. The normalized spacial score (nSPS) is 14.0. The Balaban J connectivity index is 2.33. The summed E-state index contributed by atoms with van der Waals surface area (Å²) in [5.41, 5.74) is 8.33. The summed E-state index contributed by atoms with van der Waals surface area (Å²) in [5.74, 6) is 0.671. The van der Waals surface area contributed by atoms with Crippen LogP contribution in [0.15, 0.2) is 42.2 Å². The van der Waals surface area contributed by atoms with Crippen molar-refractivity contribution >= 4 is 22.5 Å². The molecule has 2 heterocycles. The zero-order valence-electron chi connectivity index (χ0n) is 19.2. The summed E-state index contributed by atoms with van der Waals surface area (Å²) in [6.45, 7) is 7.58. The smallest absolute Gasteiger partial charge is 0.258 e. The lowest BCUT2D eigenvalue weighted by Gasteiger charge is -2.30. The van der Waals surface area contributed by atoms with Crippen LogP contribution in [0.4, 0.5) is 0 Å². The van der Waals surface area contributed by atoms with Crippen molar-refractivity contribution in [3.8, 4) is 11.6 Å². The number of aromatic nitrogens is 2. The zero-order valence-corrected chi connectivity index (χ0v) is 20.0. The summed E-state index contributed by atoms with van der Waals surface area (Å²) in [6.07, 6.45) is 1.29. The zero-order chi connectivity index (χ0) is 23.6. The second-order valence-electron chi connectivity index (χ2n) is 7.87. The van der Waals surface area contributed by atoms with E-state index in [9.17, 15) is 5.11 Å². The SMILES string of the molecule is C[NH2+]C(=CN)C(O)(c1ccc2nc(OC)c(OC(C)C)c(Cl)c2c1)c1ccc(C)nc1C. The summed E-state index contributed by atoms with van der Waals surface area (Å²) in [4.78, 5) is 9.09. The van der Waals surface area contributed by atoms with E-state index >= 15 is 0 Å². The number of quaternary nitrogens is 1. The number of benzene rings is 1. The van der Waals surface area contributed by atoms with E-state index in [0.717, 1.165) is 5.69 Å². The van der Waals surface area contributed by atoms with Gasteiger partial charge in [-0.2, -0.15) is 0 Å². The number of hydrogen-bond acceptors (Lipinski definition) is 6. The Kier molecular flexibility index (Phi) is 6.93. The molecule has 1 aromatic carbocycles. The minimum Gasteiger partial charge on any atom is -0.484 e. The predicted molar refractivity (Wildman–Crippen MR) is 126 cm³/mol. The van der Waals surface area contributed by atoms with Crippen molar-refractivity contribution < 1.29 is 19.9 Å². The van der Waals surface area contributed by atoms with Gasteiger partial charge in [0.05, 0.1) is 37.0 Å². The van der Waals surface area contributed by atoms with E-state index in [4.69, 9.17) is 26.8 Å². The Hall–Kier alpha value is -2.87. The second kappa shape index (κ2) is 9.32. The molecule has 8 heteroatoms. The maximum absolute atomic E-state index is 12.1. The lowest BCUT2D eigenvalue weighted by Crippen LogP contribution is -2.81. The van der Waals surface area contributed by atoms with Crippen LogP contribution in [0.3, 0.4) is 0 Å². The first-order valence-electron chi connectivity index (χ1n) is 10.4. The number of rotatable bonds is 7. The molecule has 1 atom stereocenters. The molecule has 0 spiro atoms. The number of aliphatic hydroxyl groups is 1. The molecule has 170 valence electrons. The van der Waals surface area contributed by atoms with E-state index in [0.29, 0.717) is 50.1 Å². The number of aryl methyl sites for hydroxylation is 2. The number of nitrogens with zero attached hydrogens (tertiary/aromatic N) is 2. The molecule has 7 nitrogen and oxygen atoms in total. The van der Waals surface area contributed by atoms with Crippen LogP contribution < -0.4 is 20.5 Å². The highest BCUT2D eigenvalue weighted by atomic mass is 35.5. The Morgan fingerprint density at radius 3 is 2.50 bits per heavy atom. The number of methoxy groups -OCH3 is 1. The van der Waals surface area contributed by atoms with Crippen molar-refractivity contribution in [3.63, 3.8) is 0 Å². The molecular weight excluding hydrogens is 428 g/mol. The molecule has 0 amide bonds. The standard InChI is InChI=1S/C24H29ClN4O3/c1-13(2)32-22-21(25)17-11-16(8-10-19(17)29-23(22)31-6)24(30,20(12-26)27-5)18-9-7-14(3)28-15(18)4/h7-13,27,30H,26H2,1-6H3/p+1. The van der Waals surface area contributed by atoms with Crippen LogP contribution in [0.25, 0.3) is 10.9 Å². The third-order valence-electron chi connectivity index (χ3n) is 5.34. The van der Waals surface area contributed by atoms with Gasteiger partial charge in [-0.1, -0.05) is 23.7 Å². The molecule has 0 bridgehead atoms. The van der Waals surface area contributed by atoms with E-state index in [1.54, 1.807) is 17.4 Å². The summed E-state index contributed by atoms with van der Waals surface area (Å²) in [5, 5.41) is 14.9. The van der Waals surface area contributed by atoms with Crippen LogP contribution in [-0.2, 0) is 5.60 Å². The molecule has 0 aliphatic carbocycles. The Morgan fingerprint density at radius 1 is 1.22 bits per heavy atom. The average Bonchev–Trinajstić information content (AvgIpc) is 2.75. The number of fused-ring (bicyclic) bond motifs is 1. The van der Waals surface area contributed by atoms with E-state index in [2.05, 4.69) is 9.97 Å². The largest absolute Gasteiger partial charge is 0.484 e. The van der Waals surface area contributed by atoms with Crippen LogP contribution in [-0.4, -0.2) is 35.3 Å². The van der Waals surface area contributed by atoms with Gasteiger partial charge < -0.3 is 25.6 Å². The first-order chi connectivity index (χ1) is 15.2. The topological polar surface area (TPSA) is 107 Å². The van der Waals surface area contributed by atoms with Crippen molar-refractivity contribution in [2.75, 3.05) is 14.2 Å². The van der Waals surface area contributed by atoms with Crippen molar-refractivity contribution in [2.45, 2.75) is 39.4 Å². The van der Waals surface area contributed by atoms with Gasteiger partial charge in [0.15, 0.2) is 11.3 Å². The van der Waals surface area contributed by atoms with Crippen LogP contribution in [0.2, 0.25) is 5.02 Å². The molecule has 5 N–H and O–H groups in total. The third kappa shape index (κ3) is 4.11. The number of hydrogen-bond donors (Lipinski definition) is 3. The van der Waals surface area contributed by atoms with Gasteiger partial charge in [0.2, 0.25) is 5.75 Å². The lowest BCUT2D eigenvalue weighted by molar-refractivity contribution is -0.589. The molecule has 1 unspecified atom stereocenters. The van der Waals surface area contributed by atoms with Gasteiger partial charge in [0, 0.05) is 22.3 Å². The summed E-state index contributed by atoms with van der Waals surface area (Å²) >= 11 is 6.75. The highest BCUT2D eigenvalue weighted by molar-refractivity contribution is 6.37. The Labute approximate surface area is 193 Å². The Morgan fingerprint density at radius 2 is 1.94 bits per heavy atom. The molecule has 3 aromatic rings. The first-order valence-corrected chi connectivity index (χ1v) is 10.8. The van der Waals surface area contributed by atoms with Crippen LogP contribution in [0, 0.1) is 13.8 Å². The highest BCUT2D eigenvalue weighted by Gasteiger charge is 2.41. The number of nitrogens with two attached hydrogens (primary N) is 2. The van der Waals surface area contributed by atoms with E-state index in [1.165, 1.54) is 13.3 Å². The fraction of sp³-hybridized carbons (Fsp3) is 0.333. The number of pyridine rings is 2. The van der Waals surface area contributed by atoms with Crippen molar-refractivity contribution in [1.82, 2.24) is 9.97 Å². The maximum atomic E-state index is 12.1. The molecule has 0 aliphatic rings. The van der Waals surface area contributed by atoms with Crippen LogP contribution >= 0.6 is 11.6 Å². The van der Waals surface area contributed by atoms with Crippen molar-refractivity contribution in [1.29, 1.82) is 0 Å². The van der Waals surface area contributed by atoms with Gasteiger partial charge in [0.25, 0.3) is 5.88 Å². The van der Waals surface area contributed by atoms with Crippen LogP contribution in [0.1, 0.15) is 36.4 Å². The fourth-order valence-corrected chi connectivity index (χ4v) is 4.14. The summed E-state index contributed by atoms with van der Waals surface area (Å²) < 4.78 is 11.3. The van der Waals surface area contributed by atoms with Gasteiger partial charge in [-0.15, -0.1) is 0 Å². The van der Waals surface area contributed by atoms with Crippen molar-refractivity contribution in [3.05, 3.63) is 69.8 Å². The van der Waals surface area contributed by atoms with E-state index in [-0.39, 0.29) is 6.10 Å². The molecule has 2 aromatic heterocycles. The Bertz CT molecular complexity index is 1180. The number of halogens is 1. The molecule has 0 aliphatic heterocycles. The van der Waals surface area contributed by atoms with Gasteiger partial charge in [-0.3, -0.25) is 4.98 Å². The monoisotopic (exact) mass is 457 g/mol. The minimum absolute atomic E-state index is 0.122. The molecule has 0 saturated carbocycles. The fourth-order valence-electron chi connectivity index (χ4n) is 3.86. The third-order valence-corrected chi connectivity index (χ3v) is 5.71. The molecular formula is C24H30ClN4O3+. The molecule has 0 saturated heterocycles. The average molecular weight is 458 g/mol. The molecule has 3 rings (SSSR count). The number of likely N-dealkylation sites (N-methyl/N-ethyl adjacent to an activating group) is 1. The summed E-state index contributed by atoms with van der Waals surface area (Å²) in [6, 6.07) is 9.15. The lowest BCUT2D eigenvalue weighted by atomic mass is 9.82. The first kappa shape index (κ1) is 23.8. The van der Waals surface area contributed by atoms with Gasteiger partial charge in [0.1, 0.15) is 0 Å². The predicted octanol–water partition coefficient (Wildman–Crippen LogP) is 2.93. The van der Waals surface area contributed by atoms with E-state index in [1.807, 2.05) is 52.9 Å². The summed E-state index contributed by atoms with van der Waals surface area (Å²) in [7, 11) is 3.35. The van der Waals surface area contributed by atoms with Crippen molar-refractivity contribution in [2.24, 2.45) is 5.73 Å². The molecule has 0 fully saturated rings. The minimum atomic E-state index is -1.54. The van der Waals surface area contributed by atoms with Gasteiger partial charge in [-0.25, -0.2) is 4.98 Å². The number of ether oxygens (including phenoxy) is 2. The van der Waals surface area contributed by atoms with E-state index < -0.39 is 5.60 Å². The molecule has 32 heavy (non-hydrogen) atoms. The van der Waals surface area contributed by atoms with Gasteiger partial charge >= 0.3 is 0 Å². The van der Waals surface area contributed by atoms with Gasteiger partial charge in [-0.05, 0) is 51.5 Å². The molecule has 0 radical (unpaired) electrons.